The molecule has 4 rings (SSSR count). The van der Waals surface area contributed by atoms with E-state index in [0.29, 0.717) is 9.95 Å². The molecule has 4 aromatic rings. The van der Waals surface area contributed by atoms with Crippen molar-refractivity contribution in [3.05, 3.63) is 70.0 Å². The standard InChI is InChI=1S/C18H11F3N6O2/c19-18(20,21)10-4-3-5-11(8-10)27-15(28)13-7-2-1-6-12(13)14(16(27)29)9-22-17-23-25-26-24-17/h1-9,29H,(H,23,24,25,26)/p-1. The zero-order valence-corrected chi connectivity index (χ0v) is 14.4. The van der Waals surface area contributed by atoms with Gasteiger partial charge in [-0.1, -0.05) is 29.4 Å². The molecular formula is C18H10F3N6O2-. The molecule has 2 aromatic heterocycles. The Bertz CT molecular complexity index is 1280. The lowest BCUT2D eigenvalue weighted by atomic mass is 10.1. The van der Waals surface area contributed by atoms with Crippen LogP contribution in [-0.4, -0.2) is 31.4 Å². The van der Waals surface area contributed by atoms with Crippen LogP contribution in [0.1, 0.15) is 11.1 Å². The second-order valence-electron chi connectivity index (χ2n) is 5.92. The summed E-state index contributed by atoms with van der Waals surface area (Å²) in [6.07, 6.45) is -3.47. The van der Waals surface area contributed by atoms with Gasteiger partial charge in [0.1, 0.15) is 0 Å². The summed E-state index contributed by atoms with van der Waals surface area (Å²) in [4.78, 5) is 16.8. The van der Waals surface area contributed by atoms with E-state index < -0.39 is 23.2 Å². The van der Waals surface area contributed by atoms with Crippen LogP contribution in [-0.2, 0) is 6.18 Å². The lowest BCUT2D eigenvalue weighted by Gasteiger charge is -2.22. The fraction of sp³-hybridized carbons (Fsp3) is 0.0556. The Labute approximate surface area is 160 Å². The van der Waals surface area contributed by atoms with Crippen molar-refractivity contribution in [3.8, 4) is 11.6 Å². The van der Waals surface area contributed by atoms with Crippen LogP contribution in [0.2, 0.25) is 0 Å². The third-order valence-corrected chi connectivity index (χ3v) is 4.16. The third-order valence-electron chi connectivity index (χ3n) is 4.16. The minimum absolute atomic E-state index is 0.00223. The second-order valence-corrected chi connectivity index (χ2v) is 5.92. The number of H-pyrrole nitrogens is 1. The molecule has 0 unspecified atom stereocenters. The van der Waals surface area contributed by atoms with Gasteiger partial charge in [-0.15, -0.1) is 5.10 Å². The molecule has 146 valence electrons. The van der Waals surface area contributed by atoms with Gasteiger partial charge in [0.2, 0.25) is 0 Å². The molecular weight excluding hydrogens is 389 g/mol. The molecule has 0 bridgehead atoms. The second kappa shape index (κ2) is 6.86. The van der Waals surface area contributed by atoms with Gasteiger partial charge in [0.15, 0.2) is 0 Å². The van der Waals surface area contributed by atoms with Crippen LogP contribution in [0.3, 0.4) is 0 Å². The molecule has 11 heteroatoms. The summed E-state index contributed by atoms with van der Waals surface area (Å²) in [5, 5.41) is 26.3. The predicted octanol–water partition coefficient (Wildman–Crippen LogP) is 2.35. The molecule has 0 spiro atoms. The molecule has 0 aliphatic heterocycles. The average molecular weight is 399 g/mol. The van der Waals surface area contributed by atoms with Crippen LogP contribution in [0.4, 0.5) is 19.1 Å². The maximum atomic E-state index is 13.1. The van der Waals surface area contributed by atoms with Gasteiger partial charge in [0, 0.05) is 22.9 Å². The number of tetrazole rings is 1. The molecule has 0 fully saturated rings. The number of aromatic amines is 1. The fourth-order valence-electron chi connectivity index (χ4n) is 2.87. The van der Waals surface area contributed by atoms with E-state index in [0.717, 1.165) is 24.4 Å². The van der Waals surface area contributed by atoms with Crippen LogP contribution in [0, 0.1) is 0 Å². The summed E-state index contributed by atoms with van der Waals surface area (Å²) in [6.45, 7) is 0. The van der Waals surface area contributed by atoms with Crippen LogP contribution in [0.5, 0.6) is 5.88 Å². The first-order chi connectivity index (χ1) is 13.9. The molecule has 0 saturated carbocycles. The molecule has 1 N–H and O–H groups in total. The maximum Gasteiger partial charge on any atom is 0.416 e. The number of hydrogen-bond donors (Lipinski definition) is 1. The molecule has 0 atom stereocenters. The van der Waals surface area contributed by atoms with Gasteiger partial charge in [-0.2, -0.15) is 18.4 Å². The number of halogens is 3. The third kappa shape index (κ3) is 3.33. The van der Waals surface area contributed by atoms with Gasteiger partial charge in [-0.25, -0.2) is 4.99 Å². The van der Waals surface area contributed by atoms with Gasteiger partial charge >= 0.3 is 6.18 Å². The Morgan fingerprint density at radius 3 is 2.55 bits per heavy atom. The van der Waals surface area contributed by atoms with E-state index in [2.05, 4.69) is 25.6 Å². The van der Waals surface area contributed by atoms with Crippen LogP contribution < -0.4 is 10.7 Å². The summed E-state index contributed by atoms with van der Waals surface area (Å²) in [5.74, 6) is -0.870. The Kier molecular flexibility index (Phi) is 4.34. The molecule has 8 nitrogen and oxygen atoms in total. The number of nitrogens with one attached hydrogen (secondary N) is 1. The van der Waals surface area contributed by atoms with E-state index in [9.17, 15) is 23.1 Å². The molecule has 0 aliphatic rings. The highest BCUT2D eigenvalue weighted by molar-refractivity contribution is 6.02. The van der Waals surface area contributed by atoms with E-state index in [4.69, 9.17) is 0 Å². The largest absolute Gasteiger partial charge is 0.859 e. The first-order valence-corrected chi connectivity index (χ1v) is 8.16. The number of alkyl halides is 3. The molecule has 2 heterocycles. The number of benzene rings is 2. The van der Waals surface area contributed by atoms with E-state index in [1.54, 1.807) is 18.2 Å². The van der Waals surface area contributed by atoms with Crippen molar-refractivity contribution >= 4 is 22.9 Å². The molecule has 29 heavy (non-hydrogen) atoms. The number of nitrogens with zero attached hydrogens (tertiary/aromatic N) is 5. The number of aliphatic imine (C=N–C) groups is 1. The lowest BCUT2D eigenvalue weighted by Crippen LogP contribution is -2.24. The Morgan fingerprint density at radius 1 is 1.10 bits per heavy atom. The first-order valence-electron chi connectivity index (χ1n) is 8.16. The Morgan fingerprint density at radius 2 is 1.86 bits per heavy atom. The van der Waals surface area contributed by atoms with Crippen molar-refractivity contribution in [1.29, 1.82) is 0 Å². The number of rotatable bonds is 3. The summed E-state index contributed by atoms with van der Waals surface area (Å²) >= 11 is 0. The molecule has 0 saturated heterocycles. The minimum Gasteiger partial charge on any atom is -0.859 e. The highest BCUT2D eigenvalue weighted by Gasteiger charge is 2.30. The summed E-state index contributed by atoms with van der Waals surface area (Å²) < 4.78 is 39.9. The van der Waals surface area contributed by atoms with Crippen molar-refractivity contribution in [1.82, 2.24) is 25.2 Å². The average Bonchev–Trinajstić information content (AvgIpc) is 3.21. The highest BCUT2D eigenvalue weighted by Crippen LogP contribution is 2.31. The minimum atomic E-state index is -4.62. The zero-order valence-electron chi connectivity index (χ0n) is 14.4. The smallest absolute Gasteiger partial charge is 0.416 e. The Hall–Kier alpha value is -4.02. The topological polar surface area (TPSA) is 112 Å². The first kappa shape index (κ1) is 18.3. The quantitative estimate of drug-likeness (QED) is 0.532. The van der Waals surface area contributed by atoms with Gasteiger partial charge in [0.05, 0.1) is 5.56 Å². The van der Waals surface area contributed by atoms with Crippen molar-refractivity contribution < 1.29 is 18.3 Å². The SMILES string of the molecule is O=c1c2ccccc2c(C=Nc2nn[nH]n2)c([O-])n1-c1cccc(C(F)(F)F)c1. The van der Waals surface area contributed by atoms with Gasteiger partial charge in [-0.05, 0) is 40.7 Å². The highest BCUT2D eigenvalue weighted by atomic mass is 19.4. The number of hydrogen-bond acceptors (Lipinski definition) is 6. The van der Waals surface area contributed by atoms with Gasteiger partial charge < -0.3 is 5.11 Å². The van der Waals surface area contributed by atoms with Gasteiger partial charge in [-0.3, -0.25) is 9.36 Å². The Balaban J connectivity index is 2.00. The zero-order chi connectivity index (χ0) is 20.6. The summed E-state index contributed by atoms with van der Waals surface area (Å²) in [5.41, 5.74) is -1.91. The maximum absolute atomic E-state index is 13.1. The number of pyridine rings is 1. The molecule has 0 amide bonds. The number of fused-ring (bicyclic) bond motifs is 1. The van der Waals surface area contributed by atoms with Crippen molar-refractivity contribution in [2.75, 3.05) is 0 Å². The molecule has 0 aliphatic carbocycles. The van der Waals surface area contributed by atoms with Gasteiger partial charge in [0.25, 0.3) is 11.5 Å². The van der Waals surface area contributed by atoms with Crippen molar-refractivity contribution in [2.45, 2.75) is 6.18 Å². The van der Waals surface area contributed by atoms with Crippen LogP contribution >= 0.6 is 0 Å². The fourth-order valence-corrected chi connectivity index (χ4v) is 2.87. The van der Waals surface area contributed by atoms with Crippen molar-refractivity contribution in [2.24, 2.45) is 4.99 Å². The molecule has 0 radical (unpaired) electrons. The van der Waals surface area contributed by atoms with E-state index >= 15 is 0 Å². The lowest BCUT2D eigenvalue weighted by molar-refractivity contribution is -0.277. The normalized spacial score (nSPS) is 12.1. The van der Waals surface area contributed by atoms with Crippen molar-refractivity contribution in [3.63, 3.8) is 0 Å². The van der Waals surface area contributed by atoms with Crippen LogP contribution in [0.15, 0.2) is 58.3 Å². The van der Waals surface area contributed by atoms with E-state index in [-0.39, 0.29) is 22.6 Å². The van der Waals surface area contributed by atoms with Crippen LogP contribution in [0.25, 0.3) is 16.5 Å². The number of aromatic nitrogens is 5. The summed E-state index contributed by atoms with van der Waals surface area (Å²) in [7, 11) is 0. The van der Waals surface area contributed by atoms with E-state index in [1.165, 1.54) is 12.1 Å². The monoisotopic (exact) mass is 399 g/mol. The summed E-state index contributed by atoms with van der Waals surface area (Å²) in [6, 6.07) is 10.2. The molecule has 2 aromatic carbocycles. The predicted molar refractivity (Wildman–Crippen MR) is 95.4 cm³/mol. The van der Waals surface area contributed by atoms with E-state index in [1.807, 2.05) is 0 Å².